The van der Waals surface area contributed by atoms with Gasteiger partial charge in [0.25, 0.3) is 0 Å². The molecule has 0 aromatic carbocycles. The van der Waals surface area contributed by atoms with E-state index < -0.39 is 5.88 Å². The van der Waals surface area contributed by atoms with Crippen LogP contribution >= 0.6 is 0 Å². The zero-order valence-electron chi connectivity index (χ0n) is 13.9. The van der Waals surface area contributed by atoms with Crippen LogP contribution in [-0.4, -0.2) is 25.3 Å². The molecule has 0 amide bonds. The maximum Gasteiger partial charge on any atom is 0.228 e. The van der Waals surface area contributed by atoms with Crippen molar-refractivity contribution >= 4 is 30.7 Å². The molecule has 3 rings (SSSR count). The van der Waals surface area contributed by atoms with Gasteiger partial charge < -0.3 is 15.1 Å². The van der Waals surface area contributed by atoms with Gasteiger partial charge in [0, 0.05) is 18.1 Å². The third-order valence-corrected chi connectivity index (χ3v) is 3.89. The van der Waals surface area contributed by atoms with Crippen LogP contribution in [0, 0.1) is 12.2 Å². The first-order valence-electron chi connectivity index (χ1n) is 7.77. The van der Waals surface area contributed by atoms with Gasteiger partial charge in [-0.15, -0.1) is 17.7 Å². The number of nitrogens with zero attached hydrogens (tertiary/aromatic N) is 4. The Morgan fingerprint density at radius 3 is 2.92 bits per heavy atom. The van der Waals surface area contributed by atoms with Gasteiger partial charge >= 0.3 is 0 Å². The van der Waals surface area contributed by atoms with E-state index in [-0.39, 0.29) is 28.1 Å². The third kappa shape index (κ3) is 3.19. The molecule has 0 radical (unpaired) electrons. The first-order chi connectivity index (χ1) is 12.0. The van der Waals surface area contributed by atoms with E-state index in [1.165, 1.54) is 6.08 Å². The van der Waals surface area contributed by atoms with Gasteiger partial charge in [-0.1, -0.05) is 31.2 Å². The first kappa shape index (κ1) is 16.6. The van der Waals surface area contributed by atoms with Crippen LogP contribution < -0.4 is 15.7 Å². The molecule has 0 spiro atoms. The number of aromatic nitrogens is 4. The Morgan fingerprint density at radius 1 is 1.40 bits per heavy atom. The highest BCUT2D eigenvalue weighted by molar-refractivity contribution is 6.12. The summed E-state index contributed by atoms with van der Waals surface area (Å²) in [4.78, 5) is 24.4. The molecule has 0 fully saturated rings. The Kier molecular flexibility index (Phi) is 4.43. The second kappa shape index (κ2) is 6.68. The van der Waals surface area contributed by atoms with Gasteiger partial charge in [-0.2, -0.15) is 0 Å². The highest BCUT2D eigenvalue weighted by Gasteiger charge is 2.18. The largest absolute Gasteiger partial charge is 0.915 e. The molecule has 6 nitrogen and oxygen atoms in total. The predicted octanol–water partition coefficient (Wildman–Crippen LogP) is 0.700. The number of carbonyl (C=O) groups is 1. The summed E-state index contributed by atoms with van der Waals surface area (Å²) >= 11 is 0. The second-order valence-corrected chi connectivity index (χ2v) is 5.64. The first-order valence-corrected chi connectivity index (χ1v) is 7.77. The fourth-order valence-corrected chi connectivity index (χ4v) is 2.44. The van der Waals surface area contributed by atoms with E-state index >= 15 is 0 Å². The molecular weight excluding hydrogens is 316 g/mol. The Labute approximate surface area is 144 Å². The number of allylic oxidation sites excluding steroid dienone is 4. The smallest absolute Gasteiger partial charge is 0.228 e. The van der Waals surface area contributed by atoms with E-state index in [1.54, 1.807) is 23.8 Å². The summed E-state index contributed by atoms with van der Waals surface area (Å²) in [5, 5.41) is 12.3. The number of hydrogen-bond acceptors (Lipinski definition) is 5. The van der Waals surface area contributed by atoms with Crippen LogP contribution in [-0.2, 0) is 0 Å². The molecule has 3 heterocycles. The number of Topliss-reactive ketones (excluding diaryl/α,β-unsaturated/α-hetero) is 1. The number of fused-ring (bicyclic) bond motifs is 1. The zero-order valence-corrected chi connectivity index (χ0v) is 13.9. The van der Waals surface area contributed by atoms with Gasteiger partial charge in [0.15, 0.2) is 5.82 Å². The summed E-state index contributed by atoms with van der Waals surface area (Å²) in [7, 11) is 0. The molecule has 126 valence electrons. The van der Waals surface area contributed by atoms with Crippen molar-refractivity contribution in [3.05, 3.63) is 58.4 Å². The third-order valence-electron chi connectivity index (χ3n) is 3.89. The van der Waals surface area contributed by atoms with Crippen LogP contribution in [0.3, 0.4) is 0 Å². The molecule has 25 heavy (non-hydrogen) atoms. The molecule has 0 saturated carbocycles. The second-order valence-electron chi connectivity index (χ2n) is 5.64. The van der Waals surface area contributed by atoms with E-state index in [0.29, 0.717) is 5.57 Å². The molecule has 0 saturated heterocycles. The zero-order chi connectivity index (χ0) is 18.0. The number of carbonyl (C=O) groups excluding carboxylic acids is 1. The Hall–Kier alpha value is -3.28. The molecule has 2 aromatic rings. The van der Waals surface area contributed by atoms with E-state index in [9.17, 15) is 9.90 Å². The quantitative estimate of drug-likeness (QED) is 0.469. The number of hydrogen-bond donors (Lipinski definition) is 0. The van der Waals surface area contributed by atoms with Crippen LogP contribution in [0.2, 0.25) is 0 Å². The van der Waals surface area contributed by atoms with Crippen molar-refractivity contribution in [2.45, 2.75) is 13.8 Å². The predicted molar refractivity (Wildman–Crippen MR) is 93.4 cm³/mol. The normalized spacial score (nSPS) is 17.4. The lowest BCUT2D eigenvalue weighted by atomic mass is 10.1. The van der Waals surface area contributed by atoms with Crippen molar-refractivity contribution in [2.75, 3.05) is 0 Å². The van der Waals surface area contributed by atoms with Crippen molar-refractivity contribution in [2.24, 2.45) is 5.92 Å². The summed E-state index contributed by atoms with van der Waals surface area (Å²) in [5.41, 5.74) is 1.14. The van der Waals surface area contributed by atoms with Gasteiger partial charge in [0.05, 0.1) is 11.9 Å². The molecule has 1 aliphatic heterocycles. The summed E-state index contributed by atoms with van der Waals surface area (Å²) < 4.78 is 1.73. The van der Waals surface area contributed by atoms with E-state index in [1.807, 2.05) is 24.4 Å². The fourth-order valence-electron chi connectivity index (χ4n) is 2.44. The Morgan fingerprint density at radius 2 is 2.20 bits per heavy atom. The van der Waals surface area contributed by atoms with E-state index in [4.69, 9.17) is 0 Å². The molecule has 1 unspecified atom stereocenters. The van der Waals surface area contributed by atoms with Crippen molar-refractivity contribution in [3.8, 4) is 5.88 Å². The fraction of sp³-hybridized carbons (Fsp3) is 0.158. The van der Waals surface area contributed by atoms with Gasteiger partial charge in [-0.3, -0.25) is 9.36 Å². The summed E-state index contributed by atoms with van der Waals surface area (Å²) in [6.07, 6.45) is 14.7. The number of imidazole rings is 1. The summed E-state index contributed by atoms with van der Waals surface area (Å²) in [5.74, 6) is -0.278. The molecule has 1 aliphatic rings. The lowest BCUT2D eigenvalue weighted by Crippen LogP contribution is -2.31. The molecule has 2 aromatic heterocycles. The SMILES string of the molecule is C=c1n[c-]nc([O-])/c1=C/C(=CC)C(=O)c1ncc2n1C=CC(C)C=C2. The van der Waals surface area contributed by atoms with Crippen molar-refractivity contribution in [1.29, 1.82) is 0 Å². The van der Waals surface area contributed by atoms with Crippen LogP contribution in [0.4, 0.5) is 0 Å². The Balaban J connectivity index is 2.07. The van der Waals surface area contributed by atoms with Crippen LogP contribution in [0.1, 0.15) is 30.2 Å². The minimum Gasteiger partial charge on any atom is -0.915 e. The summed E-state index contributed by atoms with van der Waals surface area (Å²) in [6.45, 7) is 7.46. The number of rotatable bonds is 3. The van der Waals surface area contributed by atoms with Crippen molar-refractivity contribution in [3.63, 3.8) is 0 Å². The topological polar surface area (TPSA) is 83.7 Å². The van der Waals surface area contributed by atoms with Crippen LogP contribution in [0.25, 0.3) is 24.9 Å². The van der Waals surface area contributed by atoms with Gasteiger partial charge in [0.2, 0.25) is 5.78 Å². The summed E-state index contributed by atoms with van der Waals surface area (Å²) in [6, 6.07) is 0. The highest BCUT2D eigenvalue weighted by atomic mass is 16.3. The number of ketones is 1. The van der Waals surface area contributed by atoms with Crippen LogP contribution in [0.15, 0.2) is 30.0 Å². The van der Waals surface area contributed by atoms with Gasteiger partial charge in [-0.05, 0) is 24.3 Å². The van der Waals surface area contributed by atoms with Crippen LogP contribution in [0.5, 0.6) is 5.88 Å². The minimum atomic E-state index is -0.522. The lowest BCUT2D eigenvalue weighted by molar-refractivity contribution is -0.276. The van der Waals surface area contributed by atoms with Crippen molar-refractivity contribution < 1.29 is 9.90 Å². The molecular formula is C19H16N4O2-2. The average molecular weight is 332 g/mol. The van der Waals surface area contributed by atoms with Gasteiger partial charge in [-0.25, -0.2) is 4.98 Å². The standard InChI is InChI=1S/C19H17N4O2/c1-4-14(9-16-13(3)21-11-22-19(16)25)17(24)18-20-10-15-6-5-12(2)7-8-23(15)18/h4-10,12H,3H2,1-2H3,(H,21,22,25)/q-1/p-1/b14-4?,16-9+. The van der Waals surface area contributed by atoms with Gasteiger partial charge in [0.1, 0.15) is 0 Å². The Bertz CT molecular complexity index is 1030. The lowest BCUT2D eigenvalue weighted by Gasteiger charge is -2.14. The van der Waals surface area contributed by atoms with E-state index in [2.05, 4.69) is 34.8 Å². The molecule has 0 bridgehead atoms. The maximum atomic E-state index is 12.9. The monoisotopic (exact) mass is 332 g/mol. The molecule has 1 atom stereocenters. The van der Waals surface area contributed by atoms with Crippen molar-refractivity contribution in [1.82, 2.24) is 19.5 Å². The average Bonchev–Trinajstić information content (AvgIpc) is 2.91. The molecule has 6 heteroatoms. The maximum absolute atomic E-state index is 12.9. The van der Waals surface area contributed by atoms with E-state index in [0.717, 1.165) is 5.69 Å². The molecule has 0 N–H and O–H groups in total. The molecule has 0 aliphatic carbocycles. The highest BCUT2D eigenvalue weighted by Crippen LogP contribution is 2.18. The minimum absolute atomic E-state index is 0.173.